The number of fused-ring (bicyclic) bond motifs is 2. The third-order valence-electron chi connectivity index (χ3n) is 3.36. The lowest BCUT2D eigenvalue weighted by Gasteiger charge is -2.32. The lowest BCUT2D eigenvalue weighted by molar-refractivity contribution is 0.0598. The van der Waals surface area contributed by atoms with Crippen molar-refractivity contribution in [3.05, 3.63) is 29.8 Å². The molecule has 2 aromatic rings. The van der Waals surface area contributed by atoms with Crippen molar-refractivity contribution >= 4 is 16.6 Å². The van der Waals surface area contributed by atoms with Crippen LogP contribution in [0.15, 0.2) is 24.3 Å². The molecule has 2 aromatic carbocycles. The van der Waals surface area contributed by atoms with Crippen LogP contribution in [0.25, 0.3) is 10.8 Å². The fraction of sp³-hybridized carbons (Fsp3) is 0.267. The molecule has 0 saturated heterocycles. The summed E-state index contributed by atoms with van der Waals surface area (Å²) in [6.07, 6.45) is 0.172. The van der Waals surface area contributed by atoms with E-state index in [1.807, 2.05) is 0 Å². The zero-order chi connectivity index (χ0) is 13.8. The van der Waals surface area contributed by atoms with E-state index in [9.17, 15) is 15.0 Å². The Hall–Kier alpha value is -2.23. The van der Waals surface area contributed by atoms with E-state index < -0.39 is 5.60 Å². The van der Waals surface area contributed by atoms with Crippen molar-refractivity contribution in [2.45, 2.75) is 25.9 Å². The second kappa shape index (κ2) is 3.63. The molecular formula is C15H14O4. The summed E-state index contributed by atoms with van der Waals surface area (Å²) >= 11 is 0. The van der Waals surface area contributed by atoms with Crippen LogP contribution in [0.2, 0.25) is 0 Å². The Kier molecular flexibility index (Phi) is 2.26. The standard InChI is InChI=1S/C15H14O4/c1-15(2)7-10(16)11-12(17)8-5-3-4-6-9(8)13(18)14(11)19-15/h3-6,17-18H,7H2,1-2H3. The number of ether oxygens (including phenoxy) is 1. The van der Waals surface area contributed by atoms with Gasteiger partial charge in [-0.25, -0.2) is 0 Å². The van der Waals surface area contributed by atoms with Crippen LogP contribution >= 0.6 is 0 Å². The molecule has 3 rings (SSSR count). The van der Waals surface area contributed by atoms with Gasteiger partial charge in [0.2, 0.25) is 0 Å². The van der Waals surface area contributed by atoms with Gasteiger partial charge in [-0.3, -0.25) is 4.79 Å². The fourth-order valence-electron chi connectivity index (χ4n) is 2.52. The maximum Gasteiger partial charge on any atom is 0.176 e. The molecule has 19 heavy (non-hydrogen) atoms. The van der Waals surface area contributed by atoms with Crippen LogP contribution in [0, 0.1) is 0 Å². The summed E-state index contributed by atoms with van der Waals surface area (Å²) in [5, 5.41) is 21.5. The maximum atomic E-state index is 12.2. The number of rotatable bonds is 0. The molecule has 0 saturated carbocycles. The molecule has 0 aliphatic carbocycles. The first-order chi connectivity index (χ1) is 8.91. The van der Waals surface area contributed by atoms with E-state index in [1.54, 1.807) is 38.1 Å². The van der Waals surface area contributed by atoms with Gasteiger partial charge in [0.05, 0.1) is 6.42 Å². The number of carbonyl (C=O) groups excluding carboxylic acids is 1. The number of benzene rings is 2. The van der Waals surface area contributed by atoms with Crippen molar-refractivity contribution in [1.82, 2.24) is 0 Å². The lowest BCUT2D eigenvalue weighted by atomic mass is 9.90. The zero-order valence-corrected chi connectivity index (χ0v) is 10.7. The first-order valence-corrected chi connectivity index (χ1v) is 6.09. The number of Topliss-reactive ketones (excluding diaryl/α,β-unsaturated/α-hetero) is 1. The molecule has 4 nitrogen and oxygen atoms in total. The molecule has 0 bridgehead atoms. The minimum Gasteiger partial charge on any atom is -0.506 e. The Morgan fingerprint density at radius 3 is 2.32 bits per heavy atom. The van der Waals surface area contributed by atoms with E-state index in [2.05, 4.69) is 0 Å². The van der Waals surface area contributed by atoms with Crippen LogP contribution in [0.3, 0.4) is 0 Å². The van der Waals surface area contributed by atoms with Gasteiger partial charge in [-0.15, -0.1) is 0 Å². The molecule has 0 unspecified atom stereocenters. The summed E-state index contributed by atoms with van der Waals surface area (Å²) in [5.74, 6) is -0.351. The Balaban J connectivity index is 2.42. The van der Waals surface area contributed by atoms with Crippen LogP contribution in [0.1, 0.15) is 30.6 Å². The van der Waals surface area contributed by atoms with Crippen LogP contribution in [0.5, 0.6) is 17.2 Å². The number of phenols is 2. The molecule has 0 amide bonds. The molecule has 1 aliphatic heterocycles. The third-order valence-corrected chi connectivity index (χ3v) is 3.36. The van der Waals surface area contributed by atoms with Gasteiger partial charge in [-0.05, 0) is 13.8 Å². The van der Waals surface area contributed by atoms with Crippen LogP contribution in [-0.4, -0.2) is 21.6 Å². The Morgan fingerprint density at radius 1 is 1.11 bits per heavy atom. The first kappa shape index (κ1) is 11.8. The largest absolute Gasteiger partial charge is 0.506 e. The lowest BCUT2D eigenvalue weighted by Crippen LogP contribution is -2.36. The van der Waals surface area contributed by atoms with E-state index >= 15 is 0 Å². The van der Waals surface area contributed by atoms with Gasteiger partial charge in [-0.2, -0.15) is 0 Å². The van der Waals surface area contributed by atoms with Gasteiger partial charge in [0.15, 0.2) is 17.3 Å². The third kappa shape index (κ3) is 1.63. The van der Waals surface area contributed by atoms with Crippen molar-refractivity contribution < 1.29 is 19.7 Å². The van der Waals surface area contributed by atoms with Gasteiger partial charge in [0.25, 0.3) is 0 Å². The van der Waals surface area contributed by atoms with Crippen molar-refractivity contribution in [1.29, 1.82) is 0 Å². The Bertz CT molecular complexity index is 701. The number of ketones is 1. The topological polar surface area (TPSA) is 66.8 Å². The molecule has 98 valence electrons. The Morgan fingerprint density at radius 2 is 1.68 bits per heavy atom. The second-order valence-corrected chi connectivity index (χ2v) is 5.41. The monoisotopic (exact) mass is 258 g/mol. The highest BCUT2D eigenvalue weighted by molar-refractivity contribution is 6.11. The summed E-state index contributed by atoms with van der Waals surface area (Å²) in [5.41, 5.74) is -0.605. The van der Waals surface area contributed by atoms with Crippen LogP contribution in [0.4, 0.5) is 0 Å². The summed E-state index contributed by atoms with van der Waals surface area (Å²) in [4.78, 5) is 12.2. The molecule has 0 spiro atoms. The van der Waals surface area contributed by atoms with Crippen molar-refractivity contribution in [3.63, 3.8) is 0 Å². The molecular weight excluding hydrogens is 244 g/mol. The molecule has 1 aliphatic rings. The average molecular weight is 258 g/mol. The minimum absolute atomic E-state index is 0.0792. The predicted molar refractivity (Wildman–Crippen MR) is 70.9 cm³/mol. The number of phenolic OH excluding ortho intramolecular Hbond substituents is 2. The van der Waals surface area contributed by atoms with E-state index in [0.29, 0.717) is 10.8 Å². The van der Waals surface area contributed by atoms with Gasteiger partial charge < -0.3 is 14.9 Å². The van der Waals surface area contributed by atoms with Crippen LogP contribution < -0.4 is 4.74 Å². The van der Waals surface area contributed by atoms with E-state index in [-0.39, 0.29) is 35.0 Å². The summed E-state index contributed by atoms with van der Waals surface area (Å²) in [6.45, 7) is 3.55. The molecule has 4 heteroatoms. The van der Waals surface area contributed by atoms with Crippen LogP contribution in [-0.2, 0) is 0 Å². The molecule has 0 aromatic heterocycles. The van der Waals surface area contributed by atoms with Gasteiger partial charge >= 0.3 is 0 Å². The quantitative estimate of drug-likeness (QED) is 0.713. The molecule has 2 N–H and O–H groups in total. The number of carbonyl (C=O) groups is 1. The van der Waals surface area contributed by atoms with Crippen molar-refractivity contribution in [3.8, 4) is 17.2 Å². The SMILES string of the molecule is CC1(C)CC(=O)c2c(c(O)c3ccccc3c2O)O1. The molecule has 0 fully saturated rings. The van der Waals surface area contributed by atoms with E-state index in [4.69, 9.17) is 4.74 Å². The number of aromatic hydroxyl groups is 2. The predicted octanol–water partition coefficient (Wildman–Crippen LogP) is 2.99. The maximum absolute atomic E-state index is 12.2. The summed E-state index contributed by atoms with van der Waals surface area (Å²) in [6, 6.07) is 6.84. The van der Waals surface area contributed by atoms with Crippen molar-refractivity contribution in [2.75, 3.05) is 0 Å². The highest BCUT2D eigenvalue weighted by Gasteiger charge is 2.37. The average Bonchev–Trinajstić information content (AvgIpc) is 2.34. The molecule has 1 heterocycles. The molecule has 0 radical (unpaired) electrons. The normalized spacial score (nSPS) is 17.1. The first-order valence-electron chi connectivity index (χ1n) is 6.09. The number of hydrogen-bond donors (Lipinski definition) is 2. The van der Waals surface area contributed by atoms with Gasteiger partial charge in [0, 0.05) is 10.8 Å². The zero-order valence-electron chi connectivity index (χ0n) is 10.7. The van der Waals surface area contributed by atoms with Gasteiger partial charge in [-0.1, -0.05) is 24.3 Å². The van der Waals surface area contributed by atoms with E-state index in [1.165, 1.54) is 0 Å². The van der Waals surface area contributed by atoms with Crippen molar-refractivity contribution in [2.24, 2.45) is 0 Å². The summed E-state index contributed by atoms with van der Waals surface area (Å²) < 4.78 is 5.68. The smallest absolute Gasteiger partial charge is 0.176 e. The highest BCUT2D eigenvalue weighted by atomic mass is 16.5. The highest BCUT2D eigenvalue weighted by Crippen LogP contribution is 2.49. The Labute approximate surface area is 110 Å². The number of hydrogen-bond acceptors (Lipinski definition) is 4. The van der Waals surface area contributed by atoms with E-state index in [0.717, 1.165) is 0 Å². The minimum atomic E-state index is -0.684. The summed E-state index contributed by atoms with van der Waals surface area (Å²) in [7, 11) is 0. The molecule has 0 atom stereocenters. The van der Waals surface area contributed by atoms with Gasteiger partial charge in [0.1, 0.15) is 16.9 Å². The fourth-order valence-corrected chi connectivity index (χ4v) is 2.52. The second-order valence-electron chi connectivity index (χ2n) is 5.41.